The molecule has 2 aromatic heterocycles. The average Bonchev–Trinajstić information content (AvgIpc) is 3.88. The number of nitrogens with zero attached hydrogens (tertiary/aromatic N) is 3. The second-order valence-corrected chi connectivity index (χ2v) is 14.4. The summed E-state index contributed by atoms with van der Waals surface area (Å²) < 4.78 is 114. The molecule has 1 aromatic carbocycles. The maximum absolute atomic E-state index is 12.8. The molecular weight excluding hydrogens is 669 g/mol. The van der Waals surface area contributed by atoms with E-state index in [4.69, 9.17) is 6.57 Å². The van der Waals surface area contributed by atoms with Gasteiger partial charge in [-0.3, -0.25) is 0 Å². The van der Waals surface area contributed by atoms with Gasteiger partial charge in [0.1, 0.15) is 17.1 Å². The van der Waals surface area contributed by atoms with E-state index in [1.54, 1.807) is 6.07 Å². The lowest BCUT2D eigenvalue weighted by Crippen LogP contribution is -2.14. The molecule has 0 radical (unpaired) electrons. The van der Waals surface area contributed by atoms with Crippen molar-refractivity contribution in [3.8, 4) is 0 Å². The first-order valence-corrected chi connectivity index (χ1v) is 16.8. The highest BCUT2D eigenvalue weighted by atomic mass is 19.4. The van der Waals surface area contributed by atoms with Gasteiger partial charge in [-0.1, -0.05) is 47.6 Å². The van der Waals surface area contributed by atoms with Gasteiger partial charge in [-0.05, 0) is 108 Å². The summed E-state index contributed by atoms with van der Waals surface area (Å²) in [6.45, 7) is 18.4. The van der Waals surface area contributed by atoms with Gasteiger partial charge in [-0.15, -0.1) is 0 Å². The van der Waals surface area contributed by atoms with Crippen LogP contribution in [0.3, 0.4) is 0 Å². The van der Waals surface area contributed by atoms with Crippen molar-refractivity contribution in [3.05, 3.63) is 104 Å². The van der Waals surface area contributed by atoms with Crippen molar-refractivity contribution in [1.29, 1.82) is 0 Å². The zero-order valence-corrected chi connectivity index (χ0v) is 28.9. The van der Waals surface area contributed by atoms with Crippen molar-refractivity contribution >= 4 is 0 Å². The van der Waals surface area contributed by atoms with E-state index in [0.29, 0.717) is 30.0 Å². The van der Waals surface area contributed by atoms with Crippen LogP contribution in [0.1, 0.15) is 160 Å². The summed E-state index contributed by atoms with van der Waals surface area (Å²) >= 11 is 0. The normalized spacial score (nSPS) is 17.1. The lowest BCUT2D eigenvalue weighted by molar-refractivity contribution is -0.142. The third-order valence-electron chi connectivity index (χ3n) is 9.06. The van der Waals surface area contributed by atoms with Gasteiger partial charge in [0.25, 0.3) is 5.54 Å². The summed E-state index contributed by atoms with van der Waals surface area (Å²) in [5, 5.41) is 0. The monoisotopic (exact) mass is 711 g/mol. The smallest absolute Gasteiger partial charge is 0.303 e. The molecule has 3 saturated carbocycles. The van der Waals surface area contributed by atoms with Gasteiger partial charge in [-0.25, -0.2) is 16.5 Å². The number of benzene rings is 1. The van der Waals surface area contributed by atoms with Crippen LogP contribution < -0.4 is 0 Å². The van der Waals surface area contributed by atoms with E-state index in [-0.39, 0.29) is 29.4 Å². The minimum absolute atomic E-state index is 0.0191. The minimum atomic E-state index is -4.46. The molecule has 3 aliphatic rings. The fourth-order valence-electron chi connectivity index (χ4n) is 5.28. The van der Waals surface area contributed by atoms with E-state index in [9.17, 15) is 39.5 Å². The molecule has 0 unspecified atom stereocenters. The van der Waals surface area contributed by atoms with Crippen molar-refractivity contribution in [2.45, 2.75) is 134 Å². The van der Waals surface area contributed by atoms with Crippen LogP contribution in [0.5, 0.6) is 0 Å². The quantitative estimate of drug-likeness (QED) is 0.188. The Balaban J connectivity index is 0.000000169. The first-order chi connectivity index (χ1) is 23.0. The predicted octanol–water partition coefficient (Wildman–Crippen LogP) is 12.9. The van der Waals surface area contributed by atoms with E-state index < -0.39 is 41.0 Å². The van der Waals surface area contributed by atoms with E-state index in [1.807, 2.05) is 53.7 Å². The highest BCUT2D eigenvalue weighted by Gasteiger charge is 2.55. The number of halogens is 9. The average molecular weight is 712 g/mol. The molecular formula is C38H42F9N3. The number of alkyl halides is 9. The van der Waals surface area contributed by atoms with Gasteiger partial charge in [0.15, 0.2) is 0 Å². The third-order valence-corrected chi connectivity index (χ3v) is 9.06. The highest BCUT2D eigenvalue weighted by Crippen LogP contribution is 2.50. The van der Waals surface area contributed by atoms with Crippen molar-refractivity contribution in [2.75, 3.05) is 0 Å². The first-order valence-electron chi connectivity index (χ1n) is 16.8. The molecule has 6 rings (SSSR count). The van der Waals surface area contributed by atoms with Crippen LogP contribution >= 0.6 is 0 Å². The van der Waals surface area contributed by atoms with E-state index in [2.05, 4.69) is 14.8 Å². The Bertz CT molecular complexity index is 1570. The van der Waals surface area contributed by atoms with Crippen LogP contribution in [0.15, 0.2) is 42.5 Å². The lowest BCUT2D eigenvalue weighted by Gasteiger charge is -2.13. The predicted molar refractivity (Wildman–Crippen MR) is 174 cm³/mol. The third kappa shape index (κ3) is 10.2. The van der Waals surface area contributed by atoms with Crippen LogP contribution in [0.4, 0.5) is 39.5 Å². The van der Waals surface area contributed by atoms with Crippen molar-refractivity contribution in [3.63, 3.8) is 0 Å². The summed E-state index contributed by atoms with van der Waals surface area (Å²) in [5.41, 5.74) is 0.904. The fraction of sp³-hybridized carbons (Fsp3) is 0.553. The van der Waals surface area contributed by atoms with Crippen LogP contribution in [0, 0.1) is 6.57 Å². The molecule has 2 heterocycles. The molecule has 50 heavy (non-hydrogen) atoms. The van der Waals surface area contributed by atoms with Gasteiger partial charge < -0.3 is 4.85 Å². The van der Waals surface area contributed by atoms with Crippen LogP contribution in [-0.2, 0) is 24.1 Å². The van der Waals surface area contributed by atoms with Gasteiger partial charge in [-0.2, -0.15) is 39.5 Å². The van der Waals surface area contributed by atoms with Crippen molar-refractivity contribution < 1.29 is 39.5 Å². The molecule has 3 nitrogen and oxygen atoms in total. The molecule has 12 heteroatoms. The Morgan fingerprint density at radius 1 is 0.600 bits per heavy atom. The highest BCUT2D eigenvalue weighted by molar-refractivity contribution is 5.37. The Kier molecular flexibility index (Phi) is 11.4. The Hall–Kier alpha value is -3.62. The van der Waals surface area contributed by atoms with E-state index in [0.717, 1.165) is 54.5 Å². The van der Waals surface area contributed by atoms with E-state index >= 15 is 0 Å². The van der Waals surface area contributed by atoms with Gasteiger partial charge in [0, 0.05) is 24.5 Å². The molecule has 272 valence electrons. The molecule has 0 aliphatic heterocycles. The molecule has 3 aliphatic carbocycles. The molecule has 3 fully saturated rings. The molecule has 0 N–H and O–H groups in total. The van der Waals surface area contributed by atoms with E-state index in [1.165, 1.54) is 12.1 Å². The molecule has 3 aromatic rings. The summed E-state index contributed by atoms with van der Waals surface area (Å²) in [4.78, 5) is 10.8. The van der Waals surface area contributed by atoms with Crippen LogP contribution in [0.25, 0.3) is 4.85 Å². The standard InChI is InChI=1S/C13H13F3N2.C13H15F3.C12H14F3N/c1-8(2)9-6-10(12(17-3)4-5-12)18-11(7-9)13(14,15)16;1-8(2)10-5-11(9-3-4-9)7-12(6-10)13(14,15)16;1-7(2)9-5-10(8-3-4-8)16-11(6-9)12(13,14)15/h6-8H,4-5H2,1-2H3;5-9H,3-4H2,1-2H3;5-8H,3-4H2,1-2H3. The maximum Gasteiger partial charge on any atom is 0.433 e. The van der Waals surface area contributed by atoms with Crippen LogP contribution in [0.2, 0.25) is 0 Å². The number of rotatable bonds is 6. The number of hydrogen-bond acceptors (Lipinski definition) is 2. The maximum atomic E-state index is 12.8. The fourth-order valence-corrected chi connectivity index (χ4v) is 5.28. The number of pyridine rings is 2. The van der Waals surface area contributed by atoms with Crippen molar-refractivity contribution in [1.82, 2.24) is 9.97 Å². The molecule has 0 bridgehead atoms. The van der Waals surface area contributed by atoms with Gasteiger partial charge in [0.05, 0.1) is 5.56 Å². The zero-order valence-electron chi connectivity index (χ0n) is 28.9. The molecule has 0 saturated heterocycles. The second-order valence-electron chi connectivity index (χ2n) is 14.4. The Morgan fingerprint density at radius 2 is 1.06 bits per heavy atom. The lowest BCUT2D eigenvalue weighted by atomic mass is 9.96. The summed E-state index contributed by atoms with van der Waals surface area (Å²) in [5.74, 6) is 0.829. The Morgan fingerprint density at radius 3 is 1.46 bits per heavy atom. The molecule has 0 amide bonds. The number of aromatic nitrogens is 2. The second kappa shape index (κ2) is 14.5. The Labute approximate surface area is 287 Å². The van der Waals surface area contributed by atoms with Gasteiger partial charge >= 0.3 is 18.5 Å². The van der Waals surface area contributed by atoms with Gasteiger partial charge in [0.2, 0.25) is 0 Å². The first kappa shape index (κ1) is 39.2. The summed E-state index contributed by atoms with van der Waals surface area (Å²) in [6.07, 6.45) is -7.85. The molecule has 0 spiro atoms. The minimum Gasteiger partial charge on any atom is -0.303 e. The topological polar surface area (TPSA) is 30.1 Å². The zero-order chi connectivity index (χ0) is 37.4. The summed E-state index contributed by atoms with van der Waals surface area (Å²) in [7, 11) is 0. The molecule has 0 atom stereocenters. The SMILES string of the molecule is CC(C)c1cc(C2CC2)cc(C(F)(F)F)c1.CC(C)c1cc(C2CC2)nc(C(F)(F)F)c1.[C-]#[N+]C1(c2cc(C(C)C)cc(C(F)(F)F)n2)CC1. The van der Waals surface area contributed by atoms with Crippen molar-refractivity contribution in [2.24, 2.45) is 0 Å². The largest absolute Gasteiger partial charge is 0.433 e. The number of hydrogen-bond donors (Lipinski definition) is 0. The van der Waals surface area contributed by atoms with Crippen LogP contribution in [-0.4, -0.2) is 9.97 Å². The summed E-state index contributed by atoms with van der Waals surface area (Å²) in [6, 6.07) is 10.2.